The average Bonchev–Trinajstić information content (AvgIpc) is 2.41. The minimum absolute atomic E-state index is 0.370. The molecule has 2 aromatic rings. The lowest BCUT2D eigenvalue weighted by atomic mass is 9.99. The maximum absolute atomic E-state index is 14.0. The molecular formula is C15H14BrClFNO. The maximum Gasteiger partial charge on any atom is 0.131 e. The van der Waals surface area contributed by atoms with Gasteiger partial charge in [0.05, 0.1) is 7.11 Å². The topological polar surface area (TPSA) is 35.2 Å². The summed E-state index contributed by atoms with van der Waals surface area (Å²) in [5.74, 6) is 0.102. The van der Waals surface area contributed by atoms with E-state index in [-0.39, 0.29) is 5.82 Å². The summed E-state index contributed by atoms with van der Waals surface area (Å²) >= 11 is 9.49. The summed E-state index contributed by atoms with van der Waals surface area (Å²) in [5, 5.41) is 0.615. The fourth-order valence-corrected chi connectivity index (χ4v) is 2.72. The van der Waals surface area contributed by atoms with E-state index >= 15 is 0 Å². The summed E-state index contributed by atoms with van der Waals surface area (Å²) in [7, 11) is 1.50. The molecule has 106 valence electrons. The fourth-order valence-electron chi connectivity index (χ4n) is 1.97. The standard InChI is InChI=1S/C15H14BrClFNO/c1-20-11-4-5-12(14(18)8-11)15(19)6-9-2-3-10(16)7-13(9)17/h2-5,7-8,15H,6,19H2,1H3. The minimum atomic E-state index is -0.459. The Balaban J connectivity index is 2.21. The van der Waals surface area contributed by atoms with Crippen LogP contribution in [-0.4, -0.2) is 7.11 Å². The first-order valence-corrected chi connectivity index (χ1v) is 7.21. The van der Waals surface area contributed by atoms with E-state index < -0.39 is 6.04 Å². The zero-order chi connectivity index (χ0) is 14.7. The number of methoxy groups -OCH3 is 1. The summed E-state index contributed by atoms with van der Waals surface area (Å²) in [4.78, 5) is 0. The molecule has 0 saturated carbocycles. The lowest BCUT2D eigenvalue weighted by molar-refractivity contribution is 0.410. The normalized spacial score (nSPS) is 12.2. The third kappa shape index (κ3) is 3.51. The fraction of sp³-hybridized carbons (Fsp3) is 0.200. The van der Waals surface area contributed by atoms with Gasteiger partial charge in [0, 0.05) is 27.2 Å². The average molecular weight is 359 g/mol. The van der Waals surface area contributed by atoms with Gasteiger partial charge in [-0.1, -0.05) is 39.7 Å². The van der Waals surface area contributed by atoms with Crippen molar-refractivity contribution in [2.24, 2.45) is 5.73 Å². The Morgan fingerprint density at radius 2 is 2.05 bits per heavy atom. The van der Waals surface area contributed by atoms with Crippen LogP contribution in [-0.2, 0) is 6.42 Å². The van der Waals surface area contributed by atoms with Crippen LogP contribution in [0.25, 0.3) is 0 Å². The Morgan fingerprint density at radius 3 is 2.65 bits per heavy atom. The van der Waals surface area contributed by atoms with Crippen LogP contribution < -0.4 is 10.5 Å². The van der Waals surface area contributed by atoms with Crippen molar-refractivity contribution in [3.8, 4) is 5.75 Å². The molecule has 0 saturated heterocycles. The van der Waals surface area contributed by atoms with Crippen LogP contribution in [0.3, 0.4) is 0 Å². The van der Waals surface area contributed by atoms with Crippen LogP contribution in [0.15, 0.2) is 40.9 Å². The number of rotatable bonds is 4. The molecule has 2 aromatic carbocycles. The van der Waals surface area contributed by atoms with E-state index in [2.05, 4.69) is 15.9 Å². The number of hydrogen-bond donors (Lipinski definition) is 1. The van der Waals surface area contributed by atoms with Crippen LogP contribution in [0.5, 0.6) is 5.75 Å². The molecule has 0 bridgehead atoms. The van der Waals surface area contributed by atoms with Gasteiger partial charge in [0.25, 0.3) is 0 Å². The molecule has 0 spiro atoms. The summed E-state index contributed by atoms with van der Waals surface area (Å²) < 4.78 is 19.8. The van der Waals surface area contributed by atoms with Gasteiger partial charge >= 0.3 is 0 Å². The first-order valence-electron chi connectivity index (χ1n) is 6.04. The van der Waals surface area contributed by atoms with Gasteiger partial charge in [0.2, 0.25) is 0 Å². The number of benzene rings is 2. The van der Waals surface area contributed by atoms with E-state index in [0.717, 1.165) is 10.0 Å². The molecule has 0 aliphatic carbocycles. The van der Waals surface area contributed by atoms with E-state index in [1.54, 1.807) is 18.2 Å². The molecule has 0 amide bonds. The van der Waals surface area contributed by atoms with Crippen LogP contribution in [0.1, 0.15) is 17.2 Å². The first-order chi connectivity index (χ1) is 9.51. The Bertz CT molecular complexity index is 621. The Morgan fingerprint density at radius 1 is 1.30 bits per heavy atom. The van der Waals surface area contributed by atoms with Crippen LogP contribution in [0.2, 0.25) is 5.02 Å². The van der Waals surface area contributed by atoms with Gasteiger partial charge in [0.15, 0.2) is 0 Å². The van der Waals surface area contributed by atoms with Gasteiger partial charge < -0.3 is 10.5 Å². The number of hydrogen-bond acceptors (Lipinski definition) is 2. The highest BCUT2D eigenvalue weighted by Crippen LogP contribution is 2.27. The molecule has 0 heterocycles. The number of ether oxygens (including phenoxy) is 1. The van der Waals surface area contributed by atoms with Gasteiger partial charge in [-0.3, -0.25) is 0 Å². The van der Waals surface area contributed by atoms with Gasteiger partial charge in [-0.2, -0.15) is 0 Å². The lowest BCUT2D eigenvalue weighted by Crippen LogP contribution is -2.15. The molecule has 0 aliphatic rings. The number of halogens is 3. The van der Waals surface area contributed by atoms with E-state index in [0.29, 0.717) is 22.8 Å². The predicted molar refractivity (Wildman–Crippen MR) is 82.7 cm³/mol. The Labute approximate surface area is 130 Å². The van der Waals surface area contributed by atoms with E-state index in [9.17, 15) is 4.39 Å². The highest BCUT2D eigenvalue weighted by molar-refractivity contribution is 9.10. The second kappa shape index (κ2) is 6.57. The molecule has 0 aliphatic heterocycles. The lowest BCUT2D eigenvalue weighted by Gasteiger charge is -2.15. The molecule has 2 rings (SSSR count). The maximum atomic E-state index is 14.0. The highest BCUT2D eigenvalue weighted by atomic mass is 79.9. The monoisotopic (exact) mass is 357 g/mol. The van der Waals surface area contributed by atoms with Crippen molar-refractivity contribution >= 4 is 27.5 Å². The van der Waals surface area contributed by atoms with Crippen molar-refractivity contribution < 1.29 is 9.13 Å². The predicted octanol–water partition coefficient (Wildman–Crippen LogP) is 4.49. The molecule has 1 atom stereocenters. The van der Waals surface area contributed by atoms with E-state index in [4.69, 9.17) is 22.1 Å². The second-order valence-electron chi connectivity index (χ2n) is 4.43. The molecule has 1 unspecified atom stereocenters. The first kappa shape index (κ1) is 15.3. The molecule has 2 N–H and O–H groups in total. The second-order valence-corrected chi connectivity index (χ2v) is 5.76. The van der Waals surface area contributed by atoms with Crippen molar-refractivity contribution in [3.05, 3.63) is 62.8 Å². The van der Waals surface area contributed by atoms with Crippen molar-refractivity contribution in [2.45, 2.75) is 12.5 Å². The molecule has 0 fully saturated rings. The van der Waals surface area contributed by atoms with E-state index in [1.165, 1.54) is 13.2 Å². The summed E-state index contributed by atoms with van der Waals surface area (Å²) in [6, 6.07) is 9.78. The summed E-state index contributed by atoms with van der Waals surface area (Å²) in [5.41, 5.74) is 7.41. The minimum Gasteiger partial charge on any atom is -0.497 e. The third-order valence-electron chi connectivity index (χ3n) is 3.06. The largest absolute Gasteiger partial charge is 0.497 e. The number of nitrogens with two attached hydrogens (primary N) is 1. The quantitative estimate of drug-likeness (QED) is 0.874. The smallest absolute Gasteiger partial charge is 0.131 e. The molecule has 2 nitrogen and oxygen atoms in total. The summed E-state index contributed by atoms with van der Waals surface area (Å²) in [6.07, 6.45) is 0.468. The molecule has 0 aromatic heterocycles. The molecule has 5 heteroatoms. The van der Waals surface area contributed by atoms with Gasteiger partial charge in [0.1, 0.15) is 11.6 Å². The van der Waals surface area contributed by atoms with Crippen LogP contribution in [0, 0.1) is 5.82 Å². The van der Waals surface area contributed by atoms with E-state index in [1.807, 2.05) is 12.1 Å². The highest BCUT2D eigenvalue weighted by Gasteiger charge is 2.14. The Kier molecular flexibility index (Phi) is 5.02. The van der Waals surface area contributed by atoms with Crippen molar-refractivity contribution in [1.29, 1.82) is 0 Å². The van der Waals surface area contributed by atoms with Crippen molar-refractivity contribution in [2.75, 3.05) is 7.11 Å². The summed E-state index contributed by atoms with van der Waals surface area (Å²) in [6.45, 7) is 0. The van der Waals surface area contributed by atoms with Crippen molar-refractivity contribution in [3.63, 3.8) is 0 Å². The molecular weight excluding hydrogens is 345 g/mol. The SMILES string of the molecule is COc1ccc(C(N)Cc2ccc(Br)cc2Cl)c(F)c1. The molecule has 20 heavy (non-hydrogen) atoms. The zero-order valence-corrected chi connectivity index (χ0v) is 13.2. The van der Waals surface area contributed by atoms with Crippen LogP contribution >= 0.6 is 27.5 Å². The third-order valence-corrected chi connectivity index (χ3v) is 3.91. The molecule has 0 radical (unpaired) electrons. The zero-order valence-electron chi connectivity index (χ0n) is 10.9. The van der Waals surface area contributed by atoms with Crippen molar-refractivity contribution in [1.82, 2.24) is 0 Å². The Hall–Kier alpha value is -1.10. The van der Waals surface area contributed by atoms with Crippen LogP contribution in [0.4, 0.5) is 4.39 Å². The van der Waals surface area contributed by atoms with Gasteiger partial charge in [-0.15, -0.1) is 0 Å². The van der Waals surface area contributed by atoms with Gasteiger partial charge in [-0.05, 0) is 30.2 Å². The van der Waals surface area contributed by atoms with Gasteiger partial charge in [-0.25, -0.2) is 4.39 Å².